The molecule has 0 aliphatic rings. The molecule has 0 aliphatic carbocycles. The Morgan fingerprint density at radius 3 is 2.58 bits per heavy atom. The first-order valence-corrected chi connectivity index (χ1v) is 8.31. The van der Waals surface area contributed by atoms with E-state index in [4.69, 9.17) is 0 Å². The third-order valence-electron chi connectivity index (χ3n) is 4.01. The first kappa shape index (κ1) is 17.5. The van der Waals surface area contributed by atoms with Crippen molar-refractivity contribution in [3.8, 4) is 11.3 Å². The fourth-order valence-corrected chi connectivity index (χ4v) is 2.64. The largest absolute Gasteiger partial charge is 0.309 e. The Balaban J connectivity index is 1.85. The number of aromatic nitrogens is 3. The van der Waals surface area contributed by atoms with E-state index < -0.39 is 0 Å². The molecule has 0 radical (unpaired) electrons. The van der Waals surface area contributed by atoms with Crippen LogP contribution in [0.3, 0.4) is 0 Å². The lowest BCUT2D eigenvalue weighted by Crippen LogP contribution is -2.29. The molecule has 0 bridgehead atoms. The van der Waals surface area contributed by atoms with Crippen molar-refractivity contribution < 1.29 is 4.79 Å². The van der Waals surface area contributed by atoms with Gasteiger partial charge in [-0.1, -0.05) is 17.7 Å². The second kappa shape index (κ2) is 7.31. The van der Waals surface area contributed by atoms with Crippen molar-refractivity contribution in [3.63, 3.8) is 0 Å². The molecule has 6 nitrogen and oxygen atoms in total. The molecule has 2 aromatic heterocycles. The maximum absolute atomic E-state index is 12.3. The molecule has 0 atom stereocenters. The van der Waals surface area contributed by atoms with Crippen LogP contribution in [0.1, 0.15) is 16.7 Å². The molecule has 1 aromatic carbocycles. The van der Waals surface area contributed by atoms with Crippen LogP contribution < -0.4 is 10.9 Å². The Labute approximate surface area is 151 Å². The minimum atomic E-state index is -0.351. The Kier molecular flexibility index (Phi) is 4.93. The SMILES string of the molecule is Cc1ccnc(NC(=O)Cn2nc(-c3cc(C)ccc3C)ccc2=O)c1. The zero-order chi connectivity index (χ0) is 18.7. The number of anilines is 1. The quantitative estimate of drug-likeness (QED) is 0.786. The van der Waals surface area contributed by atoms with E-state index in [2.05, 4.69) is 15.4 Å². The van der Waals surface area contributed by atoms with Gasteiger partial charge in [0.15, 0.2) is 0 Å². The number of amides is 1. The molecule has 0 fully saturated rings. The number of hydrogen-bond donors (Lipinski definition) is 1. The Bertz CT molecular complexity index is 1020. The van der Waals surface area contributed by atoms with Gasteiger partial charge < -0.3 is 5.32 Å². The summed E-state index contributed by atoms with van der Waals surface area (Å²) in [6.45, 7) is 5.73. The Morgan fingerprint density at radius 2 is 1.81 bits per heavy atom. The number of hydrogen-bond acceptors (Lipinski definition) is 4. The van der Waals surface area contributed by atoms with Crippen LogP contribution in [0.25, 0.3) is 11.3 Å². The van der Waals surface area contributed by atoms with Gasteiger partial charge in [0.2, 0.25) is 5.91 Å². The summed E-state index contributed by atoms with van der Waals surface area (Å²) >= 11 is 0. The molecular weight excluding hydrogens is 328 g/mol. The normalized spacial score (nSPS) is 10.6. The monoisotopic (exact) mass is 348 g/mol. The minimum Gasteiger partial charge on any atom is -0.309 e. The number of carbonyl (C=O) groups excluding carboxylic acids is 1. The van der Waals surface area contributed by atoms with Gasteiger partial charge in [-0.15, -0.1) is 0 Å². The highest BCUT2D eigenvalue weighted by Crippen LogP contribution is 2.21. The highest BCUT2D eigenvalue weighted by molar-refractivity contribution is 5.89. The molecule has 26 heavy (non-hydrogen) atoms. The van der Waals surface area contributed by atoms with E-state index >= 15 is 0 Å². The minimum absolute atomic E-state index is 0.173. The number of carbonyl (C=O) groups is 1. The van der Waals surface area contributed by atoms with Gasteiger partial charge in [0.25, 0.3) is 5.56 Å². The van der Waals surface area contributed by atoms with E-state index in [9.17, 15) is 9.59 Å². The second-order valence-corrected chi connectivity index (χ2v) is 6.30. The van der Waals surface area contributed by atoms with Gasteiger partial charge in [-0.3, -0.25) is 9.59 Å². The molecule has 3 rings (SSSR count). The summed E-state index contributed by atoms with van der Waals surface area (Å²) in [5, 5.41) is 7.05. The van der Waals surface area contributed by atoms with Crippen molar-refractivity contribution in [1.29, 1.82) is 0 Å². The molecule has 0 unspecified atom stereocenters. The summed E-state index contributed by atoms with van der Waals surface area (Å²) in [5.41, 5.74) is 4.43. The molecule has 6 heteroatoms. The molecule has 0 spiro atoms. The summed E-state index contributed by atoms with van der Waals surface area (Å²) in [6, 6.07) is 12.8. The van der Waals surface area contributed by atoms with E-state index in [1.165, 1.54) is 10.7 Å². The van der Waals surface area contributed by atoms with E-state index in [1.54, 1.807) is 18.3 Å². The molecule has 2 heterocycles. The molecule has 0 saturated carbocycles. The third-order valence-corrected chi connectivity index (χ3v) is 4.01. The lowest BCUT2D eigenvalue weighted by atomic mass is 10.0. The molecule has 132 valence electrons. The lowest BCUT2D eigenvalue weighted by Gasteiger charge is -2.10. The van der Waals surface area contributed by atoms with Crippen molar-refractivity contribution in [2.75, 3.05) is 5.32 Å². The molecular formula is C20H20N4O2. The standard InChI is InChI=1S/C20H20N4O2/c1-13-4-5-15(3)16(10-13)17-6-7-20(26)24(23-17)12-19(25)22-18-11-14(2)8-9-21-18/h4-11H,12H2,1-3H3,(H,21,22,25). The van der Waals surface area contributed by atoms with Gasteiger partial charge in [0.05, 0.1) is 5.69 Å². The maximum Gasteiger partial charge on any atom is 0.267 e. The fourth-order valence-electron chi connectivity index (χ4n) is 2.64. The van der Waals surface area contributed by atoms with Gasteiger partial charge in [0.1, 0.15) is 12.4 Å². The highest BCUT2D eigenvalue weighted by Gasteiger charge is 2.10. The van der Waals surface area contributed by atoms with Crippen LogP contribution in [0, 0.1) is 20.8 Å². The zero-order valence-electron chi connectivity index (χ0n) is 15.0. The van der Waals surface area contributed by atoms with Crippen LogP contribution in [-0.2, 0) is 11.3 Å². The predicted octanol–water partition coefficient (Wildman–Crippen LogP) is 2.87. The summed E-state index contributed by atoms with van der Waals surface area (Å²) < 4.78 is 1.17. The Morgan fingerprint density at radius 1 is 1.04 bits per heavy atom. The van der Waals surface area contributed by atoms with Gasteiger partial charge in [-0.05, 0) is 56.2 Å². The van der Waals surface area contributed by atoms with Gasteiger partial charge in [-0.2, -0.15) is 5.10 Å². The summed E-state index contributed by atoms with van der Waals surface area (Å²) in [6.07, 6.45) is 1.62. The van der Waals surface area contributed by atoms with Gasteiger partial charge in [0, 0.05) is 17.8 Å². The molecule has 0 aliphatic heterocycles. The zero-order valence-corrected chi connectivity index (χ0v) is 15.0. The Hall–Kier alpha value is -3.28. The average molecular weight is 348 g/mol. The number of rotatable bonds is 4. The highest BCUT2D eigenvalue weighted by atomic mass is 16.2. The average Bonchev–Trinajstić information content (AvgIpc) is 2.59. The van der Waals surface area contributed by atoms with Crippen LogP contribution in [0.2, 0.25) is 0 Å². The fraction of sp³-hybridized carbons (Fsp3) is 0.200. The van der Waals surface area contributed by atoms with Gasteiger partial charge in [-0.25, -0.2) is 9.67 Å². The van der Waals surface area contributed by atoms with Crippen molar-refractivity contribution >= 4 is 11.7 Å². The first-order valence-electron chi connectivity index (χ1n) is 8.31. The van der Waals surface area contributed by atoms with Crippen molar-refractivity contribution in [2.24, 2.45) is 0 Å². The summed E-state index contributed by atoms with van der Waals surface area (Å²) in [4.78, 5) is 28.5. The maximum atomic E-state index is 12.3. The lowest BCUT2D eigenvalue weighted by molar-refractivity contribution is -0.117. The molecule has 0 saturated heterocycles. The van der Waals surface area contributed by atoms with E-state index in [0.717, 1.165) is 22.3 Å². The number of pyridine rings is 1. The molecule has 3 aromatic rings. The van der Waals surface area contributed by atoms with Crippen LogP contribution in [-0.4, -0.2) is 20.7 Å². The van der Waals surface area contributed by atoms with E-state index in [0.29, 0.717) is 11.5 Å². The third kappa shape index (κ3) is 4.03. The van der Waals surface area contributed by atoms with Crippen LogP contribution in [0.5, 0.6) is 0 Å². The summed E-state index contributed by atoms with van der Waals surface area (Å²) in [5.74, 6) is 0.101. The number of aryl methyl sites for hydroxylation is 3. The van der Waals surface area contributed by atoms with E-state index in [-0.39, 0.29) is 18.0 Å². The van der Waals surface area contributed by atoms with Crippen molar-refractivity contribution in [1.82, 2.24) is 14.8 Å². The van der Waals surface area contributed by atoms with Crippen LogP contribution in [0.4, 0.5) is 5.82 Å². The predicted molar refractivity (Wildman–Crippen MR) is 101 cm³/mol. The first-order chi connectivity index (χ1) is 12.4. The summed E-state index contributed by atoms with van der Waals surface area (Å²) in [7, 11) is 0. The molecule has 1 amide bonds. The van der Waals surface area contributed by atoms with Crippen molar-refractivity contribution in [3.05, 3.63) is 75.7 Å². The second-order valence-electron chi connectivity index (χ2n) is 6.30. The van der Waals surface area contributed by atoms with Gasteiger partial charge >= 0.3 is 0 Å². The van der Waals surface area contributed by atoms with Crippen LogP contribution in [0.15, 0.2) is 53.5 Å². The molecule has 1 N–H and O–H groups in total. The topological polar surface area (TPSA) is 76.9 Å². The number of nitrogens with zero attached hydrogens (tertiary/aromatic N) is 3. The number of nitrogens with one attached hydrogen (secondary N) is 1. The van der Waals surface area contributed by atoms with E-state index in [1.807, 2.05) is 45.0 Å². The smallest absolute Gasteiger partial charge is 0.267 e. The number of benzene rings is 1. The van der Waals surface area contributed by atoms with Crippen LogP contribution >= 0.6 is 0 Å². The van der Waals surface area contributed by atoms with Crippen molar-refractivity contribution in [2.45, 2.75) is 27.3 Å².